The Bertz CT molecular complexity index is 739. The van der Waals surface area contributed by atoms with E-state index >= 15 is 0 Å². The predicted molar refractivity (Wildman–Crippen MR) is 92.7 cm³/mol. The molecule has 2 heterocycles. The fourth-order valence-corrected chi connectivity index (χ4v) is 5.11. The summed E-state index contributed by atoms with van der Waals surface area (Å²) < 4.78 is 0. The van der Waals surface area contributed by atoms with Crippen LogP contribution >= 0.6 is 23.1 Å². The minimum atomic E-state index is -0.186. The van der Waals surface area contributed by atoms with Crippen molar-refractivity contribution < 1.29 is 4.79 Å². The molecule has 2 aromatic rings. The molecule has 116 valence electrons. The van der Waals surface area contributed by atoms with E-state index in [4.69, 9.17) is 0 Å². The topological polar surface area (TPSA) is 54.9 Å². The lowest BCUT2D eigenvalue weighted by Gasteiger charge is -2.12. The first-order valence-electron chi connectivity index (χ1n) is 7.44. The van der Waals surface area contributed by atoms with Crippen molar-refractivity contribution in [1.29, 1.82) is 0 Å². The molecule has 1 amide bonds. The summed E-state index contributed by atoms with van der Waals surface area (Å²) in [6, 6.07) is 0. The minimum absolute atomic E-state index is 0.0150. The summed E-state index contributed by atoms with van der Waals surface area (Å²) in [5.41, 5.74) is 1.40. The first-order chi connectivity index (χ1) is 10.6. The quantitative estimate of drug-likeness (QED) is 0.518. The number of hydrogen-bond acceptors (Lipinski definition) is 5. The van der Waals surface area contributed by atoms with Gasteiger partial charge in [-0.05, 0) is 38.7 Å². The van der Waals surface area contributed by atoms with Crippen molar-refractivity contribution in [2.24, 2.45) is 0 Å². The molecule has 0 aliphatic heterocycles. The number of fused-ring (bicyclic) bond motifs is 3. The second-order valence-electron chi connectivity index (χ2n) is 5.41. The van der Waals surface area contributed by atoms with Crippen LogP contribution < -0.4 is 5.32 Å². The summed E-state index contributed by atoms with van der Waals surface area (Å²) in [7, 11) is 0. The number of carbonyl (C=O) groups is 1. The molecule has 0 spiro atoms. The highest BCUT2D eigenvalue weighted by Gasteiger charge is 2.24. The number of aromatic nitrogens is 2. The van der Waals surface area contributed by atoms with Crippen LogP contribution in [0.5, 0.6) is 0 Å². The maximum atomic E-state index is 12.1. The fourth-order valence-electron chi connectivity index (χ4n) is 2.69. The van der Waals surface area contributed by atoms with Crippen LogP contribution in [-0.4, -0.2) is 27.7 Å². The van der Waals surface area contributed by atoms with Crippen molar-refractivity contribution in [2.75, 3.05) is 6.54 Å². The third-order valence-corrected chi connectivity index (χ3v) is 5.99. The molecule has 0 unspecified atom stereocenters. The van der Waals surface area contributed by atoms with Crippen molar-refractivity contribution >= 4 is 39.2 Å². The number of carbonyl (C=O) groups excluding carboxylic acids is 1. The number of aryl methyl sites for hydroxylation is 3. The number of thiophene rings is 1. The van der Waals surface area contributed by atoms with Crippen molar-refractivity contribution in [2.45, 2.75) is 43.4 Å². The molecule has 4 nitrogen and oxygen atoms in total. The van der Waals surface area contributed by atoms with Gasteiger partial charge in [-0.2, -0.15) is 0 Å². The van der Waals surface area contributed by atoms with Gasteiger partial charge in [0.15, 0.2) is 0 Å². The average Bonchev–Trinajstić information content (AvgIpc) is 3.04. The molecule has 6 heteroatoms. The molecular formula is C16H19N3OS2. The Labute approximate surface area is 138 Å². The van der Waals surface area contributed by atoms with Gasteiger partial charge in [0.05, 0.1) is 5.25 Å². The summed E-state index contributed by atoms with van der Waals surface area (Å²) in [6.45, 7) is 7.95. The molecule has 0 bridgehead atoms. The summed E-state index contributed by atoms with van der Waals surface area (Å²) in [5, 5.41) is 4.78. The highest BCUT2D eigenvalue weighted by molar-refractivity contribution is 8.00. The van der Waals surface area contributed by atoms with Crippen LogP contribution in [0.1, 0.15) is 29.6 Å². The highest BCUT2D eigenvalue weighted by atomic mass is 32.2. The lowest BCUT2D eigenvalue weighted by atomic mass is 10.2. The van der Waals surface area contributed by atoms with E-state index in [1.807, 2.05) is 13.8 Å². The Morgan fingerprint density at radius 1 is 1.50 bits per heavy atom. The van der Waals surface area contributed by atoms with Crippen LogP contribution in [0, 0.1) is 6.92 Å². The zero-order valence-electron chi connectivity index (χ0n) is 12.8. The van der Waals surface area contributed by atoms with Gasteiger partial charge in [0.25, 0.3) is 0 Å². The number of nitrogens with zero attached hydrogens (tertiary/aromatic N) is 2. The van der Waals surface area contributed by atoms with Crippen molar-refractivity contribution in [1.82, 2.24) is 15.3 Å². The molecule has 0 saturated carbocycles. The molecule has 0 aromatic carbocycles. The Morgan fingerprint density at radius 3 is 3.09 bits per heavy atom. The second-order valence-corrected chi connectivity index (χ2v) is 7.82. The largest absolute Gasteiger partial charge is 0.352 e. The third-order valence-electron chi connectivity index (χ3n) is 3.72. The summed E-state index contributed by atoms with van der Waals surface area (Å²) in [4.78, 5) is 23.8. The van der Waals surface area contributed by atoms with Crippen molar-refractivity contribution in [3.63, 3.8) is 0 Å². The van der Waals surface area contributed by atoms with Crippen molar-refractivity contribution in [3.05, 3.63) is 28.9 Å². The van der Waals surface area contributed by atoms with E-state index in [1.54, 1.807) is 17.4 Å². The summed E-state index contributed by atoms with van der Waals surface area (Å²) in [6.07, 6.45) is 5.15. The van der Waals surface area contributed by atoms with E-state index in [1.165, 1.54) is 34.0 Å². The molecule has 1 aliphatic carbocycles. The normalized spacial score (nSPS) is 14.8. The van der Waals surface area contributed by atoms with Crippen LogP contribution in [0.25, 0.3) is 10.2 Å². The van der Waals surface area contributed by atoms with Gasteiger partial charge in [-0.25, -0.2) is 9.97 Å². The van der Waals surface area contributed by atoms with E-state index < -0.39 is 0 Å². The maximum absolute atomic E-state index is 12.1. The number of amides is 1. The van der Waals surface area contributed by atoms with Gasteiger partial charge < -0.3 is 5.32 Å². The monoisotopic (exact) mass is 333 g/mol. The predicted octanol–water partition coefficient (Wildman–Crippen LogP) is 3.27. The van der Waals surface area contributed by atoms with Gasteiger partial charge in [-0.3, -0.25) is 4.79 Å². The Kier molecular flexibility index (Phi) is 4.49. The van der Waals surface area contributed by atoms with E-state index in [0.717, 1.165) is 28.5 Å². The highest BCUT2D eigenvalue weighted by Crippen LogP contribution is 2.41. The molecular weight excluding hydrogens is 314 g/mol. The molecule has 2 aromatic heterocycles. The summed E-state index contributed by atoms with van der Waals surface area (Å²) in [5.74, 6) is 0.787. The lowest BCUT2D eigenvalue weighted by molar-refractivity contribution is -0.120. The fraction of sp³-hybridized carbons (Fsp3) is 0.438. The molecule has 1 atom stereocenters. The van der Waals surface area contributed by atoms with E-state index in [9.17, 15) is 4.79 Å². The van der Waals surface area contributed by atoms with Gasteiger partial charge in [0, 0.05) is 16.8 Å². The SMILES string of the molecule is C=CCNC(=O)[C@H](C)Sc1nc(C)nc2sc3c(c12)CCC3. The van der Waals surface area contributed by atoms with Crippen LogP contribution in [0.2, 0.25) is 0 Å². The van der Waals surface area contributed by atoms with Gasteiger partial charge >= 0.3 is 0 Å². The molecule has 0 radical (unpaired) electrons. The van der Waals surface area contributed by atoms with Crippen LogP contribution in [0.3, 0.4) is 0 Å². The number of thioether (sulfide) groups is 1. The number of rotatable bonds is 5. The first kappa shape index (κ1) is 15.5. The molecule has 0 saturated heterocycles. The number of hydrogen-bond donors (Lipinski definition) is 1. The standard InChI is InChI=1S/C16H19N3OS2/c1-4-8-17-14(20)9(2)21-15-13-11-6-5-7-12(11)22-16(13)19-10(3)18-15/h4,9H,1,5-8H2,2-3H3,(H,17,20)/t9-/m0/s1. The van der Waals surface area contributed by atoms with Gasteiger partial charge in [0.2, 0.25) is 5.91 Å². The van der Waals surface area contributed by atoms with Crippen LogP contribution in [0.4, 0.5) is 0 Å². The second kappa shape index (κ2) is 6.38. The zero-order chi connectivity index (χ0) is 15.7. The van der Waals surface area contributed by atoms with Gasteiger partial charge in [-0.1, -0.05) is 17.8 Å². The third kappa shape index (κ3) is 2.90. The van der Waals surface area contributed by atoms with E-state index in [0.29, 0.717) is 6.54 Å². The average molecular weight is 333 g/mol. The van der Waals surface area contributed by atoms with Gasteiger partial charge in [0.1, 0.15) is 15.7 Å². The van der Waals surface area contributed by atoms with Gasteiger partial charge in [-0.15, -0.1) is 17.9 Å². The van der Waals surface area contributed by atoms with Crippen molar-refractivity contribution in [3.8, 4) is 0 Å². The Morgan fingerprint density at radius 2 is 2.32 bits per heavy atom. The maximum Gasteiger partial charge on any atom is 0.233 e. The Hall–Kier alpha value is -1.40. The Balaban J connectivity index is 1.93. The van der Waals surface area contributed by atoms with Crippen LogP contribution in [0.15, 0.2) is 17.7 Å². The molecule has 22 heavy (non-hydrogen) atoms. The first-order valence-corrected chi connectivity index (χ1v) is 9.14. The molecule has 1 N–H and O–H groups in total. The molecule has 0 fully saturated rings. The minimum Gasteiger partial charge on any atom is -0.352 e. The summed E-state index contributed by atoms with van der Waals surface area (Å²) >= 11 is 3.31. The smallest absolute Gasteiger partial charge is 0.233 e. The van der Waals surface area contributed by atoms with E-state index in [2.05, 4.69) is 21.9 Å². The zero-order valence-corrected chi connectivity index (χ0v) is 14.4. The number of nitrogens with one attached hydrogen (secondary N) is 1. The van der Waals surface area contributed by atoms with E-state index in [-0.39, 0.29) is 11.2 Å². The van der Waals surface area contributed by atoms with Crippen LogP contribution in [-0.2, 0) is 17.6 Å². The molecule has 3 rings (SSSR count). The lowest BCUT2D eigenvalue weighted by Crippen LogP contribution is -2.30. The molecule has 1 aliphatic rings.